The third kappa shape index (κ3) is 1.48. The van der Waals surface area contributed by atoms with Crippen molar-refractivity contribution in [2.45, 2.75) is 18.8 Å². The highest BCUT2D eigenvalue weighted by molar-refractivity contribution is 6.28. The minimum Gasteiger partial charge on any atom is -0.266 e. The lowest BCUT2D eigenvalue weighted by atomic mass is 10.4. The van der Waals surface area contributed by atoms with E-state index < -0.39 is 0 Å². The minimum absolute atomic E-state index is 0.367. The molecule has 0 radical (unpaired) electrons. The zero-order valence-corrected chi connectivity index (χ0v) is 8.59. The van der Waals surface area contributed by atoms with E-state index in [1.54, 1.807) is 17.0 Å². The van der Waals surface area contributed by atoms with Crippen molar-refractivity contribution >= 4 is 11.6 Å². The lowest BCUT2D eigenvalue weighted by Gasteiger charge is -2.04. The molecule has 2 heterocycles. The average Bonchev–Trinajstić information content (AvgIpc) is 3.04. The van der Waals surface area contributed by atoms with Crippen molar-refractivity contribution in [3.05, 3.63) is 29.8 Å². The molecule has 6 heteroatoms. The maximum atomic E-state index is 5.99. The maximum absolute atomic E-state index is 5.99. The summed E-state index contributed by atoms with van der Waals surface area (Å²) < 4.78 is 1.80. The molecule has 1 aliphatic carbocycles. The van der Waals surface area contributed by atoms with Crippen LogP contribution in [0, 0.1) is 0 Å². The standard InChI is InChI=1S/C9H8ClN5/c10-9-14-13-8(6-1-2-6)15(9)7-3-11-5-12-4-7/h3-6H,1-2H2. The molecular weight excluding hydrogens is 214 g/mol. The Balaban J connectivity index is 2.13. The topological polar surface area (TPSA) is 56.5 Å². The summed E-state index contributed by atoms with van der Waals surface area (Å²) in [7, 11) is 0. The Kier molecular flexibility index (Phi) is 1.92. The largest absolute Gasteiger partial charge is 0.266 e. The Morgan fingerprint density at radius 1 is 1.20 bits per heavy atom. The molecule has 2 aromatic heterocycles. The predicted molar refractivity (Wildman–Crippen MR) is 53.9 cm³/mol. The fourth-order valence-corrected chi connectivity index (χ4v) is 1.75. The molecule has 0 aromatic carbocycles. The Labute approximate surface area is 91.1 Å². The second-order valence-corrected chi connectivity index (χ2v) is 3.87. The number of rotatable bonds is 2. The van der Waals surface area contributed by atoms with Crippen molar-refractivity contribution in [1.82, 2.24) is 24.7 Å². The van der Waals surface area contributed by atoms with Crippen molar-refractivity contribution in [2.24, 2.45) is 0 Å². The Morgan fingerprint density at radius 3 is 2.60 bits per heavy atom. The second kappa shape index (κ2) is 3.27. The summed E-state index contributed by atoms with van der Waals surface area (Å²) in [6, 6.07) is 0. The van der Waals surface area contributed by atoms with E-state index in [9.17, 15) is 0 Å². The van der Waals surface area contributed by atoms with Gasteiger partial charge in [0.1, 0.15) is 12.2 Å². The van der Waals surface area contributed by atoms with Gasteiger partial charge in [0, 0.05) is 5.92 Å². The van der Waals surface area contributed by atoms with E-state index in [1.165, 1.54) is 6.33 Å². The van der Waals surface area contributed by atoms with Crippen LogP contribution < -0.4 is 0 Å². The first kappa shape index (κ1) is 8.79. The Hall–Kier alpha value is -1.49. The lowest BCUT2D eigenvalue weighted by Crippen LogP contribution is -2.01. The molecule has 0 bridgehead atoms. The number of halogens is 1. The zero-order valence-electron chi connectivity index (χ0n) is 7.84. The first-order valence-electron chi connectivity index (χ1n) is 4.72. The van der Waals surface area contributed by atoms with Crippen LogP contribution >= 0.6 is 11.6 Å². The van der Waals surface area contributed by atoms with Gasteiger partial charge >= 0.3 is 0 Å². The van der Waals surface area contributed by atoms with Gasteiger partial charge in [-0.25, -0.2) is 9.97 Å². The third-order valence-corrected chi connectivity index (χ3v) is 2.64. The van der Waals surface area contributed by atoms with Crippen LogP contribution in [-0.4, -0.2) is 24.7 Å². The summed E-state index contributed by atoms with van der Waals surface area (Å²) in [4.78, 5) is 7.91. The molecule has 0 N–H and O–H groups in total. The van der Waals surface area contributed by atoms with E-state index in [0.29, 0.717) is 11.2 Å². The minimum atomic E-state index is 0.367. The summed E-state index contributed by atoms with van der Waals surface area (Å²) in [5.74, 6) is 1.40. The second-order valence-electron chi connectivity index (χ2n) is 3.53. The number of hydrogen-bond acceptors (Lipinski definition) is 4. The first-order chi connectivity index (χ1) is 7.36. The van der Waals surface area contributed by atoms with Crippen LogP contribution in [0.25, 0.3) is 5.69 Å². The normalized spacial score (nSPS) is 15.5. The maximum Gasteiger partial charge on any atom is 0.229 e. The van der Waals surface area contributed by atoms with Gasteiger partial charge in [0.15, 0.2) is 0 Å². The van der Waals surface area contributed by atoms with Gasteiger partial charge in [0.05, 0.1) is 18.1 Å². The van der Waals surface area contributed by atoms with E-state index in [0.717, 1.165) is 24.4 Å². The Morgan fingerprint density at radius 2 is 1.93 bits per heavy atom. The summed E-state index contributed by atoms with van der Waals surface area (Å²) in [5.41, 5.74) is 0.814. The number of aromatic nitrogens is 5. The molecule has 1 aliphatic rings. The lowest BCUT2D eigenvalue weighted by molar-refractivity contribution is 0.863. The van der Waals surface area contributed by atoms with Crippen molar-refractivity contribution in [1.29, 1.82) is 0 Å². The van der Waals surface area contributed by atoms with Gasteiger partial charge in [-0.1, -0.05) is 0 Å². The molecule has 1 saturated carbocycles. The van der Waals surface area contributed by atoms with Crippen LogP contribution in [0.15, 0.2) is 18.7 Å². The molecule has 0 unspecified atom stereocenters. The van der Waals surface area contributed by atoms with Crippen molar-refractivity contribution in [2.75, 3.05) is 0 Å². The summed E-state index contributed by atoms with van der Waals surface area (Å²) in [5, 5.41) is 8.32. The molecule has 0 amide bonds. The van der Waals surface area contributed by atoms with Crippen LogP contribution in [-0.2, 0) is 0 Å². The van der Waals surface area contributed by atoms with E-state index >= 15 is 0 Å². The molecular formula is C9H8ClN5. The molecule has 1 fully saturated rings. The summed E-state index contributed by atoms with van der Waals surface area (Å²) >= 11 is 5.99. The van der Waals surface area contributed by atoms with E-state index in [2.05, 4.69) is 20.2 Å². The fourth-order valence-electron chi connectivity index (χ4n) is 1.53. The smallest absolute Gasteiger partial charge is 0.229 e. The van der Waals surface area contributed by atoms with E-state index in [-0.39, 0.29) is 0 Å². The number of hydrogen-bond donors (Lipinski definition) is 0. The van der Waals surface area contributed by atoms with Gasteiger partial charge in [-0.3, -0.25) is 4.57 Å². The van der Waals surface area contributed by atoms with Crippen LogP contribution in [0.4, 0.5) is 0 Å². The van der Waals surface area contributed by atoms with E-state index in [4.69, 9.17) is 11.6 Å². The zero-order chi connectivity index (χ0) is 10.3. The molecule has 0 atom stereocenters. The van der Waals surface area contributed by atoms with Gasteiger partial charge in [-0.05, 0) is 24.4 Å². The molecule has 76 valence electrons. The van der Waals surface area contributed by atoms with Gasteiger partial charge < -0.3 is 0 Å². The molecule has 5 nitrogen and oxygen atoms in total. The monoisotopic (exact) mass is 221 g/mol. The highest BCUT2D eigenvalue weighted by atomic mass is 35.5. The van der Waals surface area contributed by atoms with Crippen molar-refractivity contribution < 1.29 is 0 Å². The van der Waals surface area contributed by atoms with Crippen LogP contribution in [0.3, 0.4) is 0 Å². The summed E-state index contributed by atoms with van der Waals surface area (Å²) in [6.07, 6.45) is 7.20. The van der Waals surface area contributed by atoms with Gasteiger partial charge in [0.25, 0.3) is 0 Å². The van der Waals surface area contributed by atoms with Crippen LogP contribution in [0.2, 0.25) is 5.28 Å². The van der Waals surface area contributed by atoms with E-state index in [1.807, 2.05) is 0 Å². The van der Waals surface area contributed by atoms with Crippen molar-refractivity contribution in [3.8, 4) is 5.69 Å². The van der Waals surface area contributed by atoms with Crippen molar-refractivity contribution in [3.63, 3.8) is 0 Å². The number of nitrogens with zero attached hydrogens (tertiary/aromatic N) is 5. The van der Waals surface area contributed by atoms with Gasteiger partial charge in [-0.15, -0.1) is 10.2 Å². The quantitative estimate of drug-likeness (QED) is 0.773. The fraction of sp³-hybridized carbons (Fsp3) is 0.333. The molecule has 0 saturated heterocycles. The van der Waals surface area contributed by atoms with Crippen LogP contribution in [0.1, 0.15) is 24.6 Å². The first-order valence-corrected chi connectivity index (χ1v) is 5.10. The molecule has 2 aromatic rings. The predicted octanol–water partition coefficient (Wildman–Crippen LogP) is 1.59. The third-order valence-electron chi connectivity index (χ3n) is 2.40. The molecule has 0 aliphatic heterocycles. The van der Waals surface area contributed by atoms with Gasteiger partial charge in [-0.2, -0.15) is 0 Å². The highest BCUT2D eigenvalue weighted by Gasteiger charge is 2.30. The SMILES string of the molecule is Clc1nnc(C2CC2)n1-c1cncnc1. The molecule has 0 spiro atoms. The Bertz CT molecular complexity index is 477. The van der Waals surface area contributed by atoms with Gasteiger partial charge in [0.2, 0.25) is 5.28 Å². The molecule has 3 rings (SSSR count). The highest BCUT2D eigenvalue weighted by Crippen LogP contribution is 2.40. The summed E-state index contributed by atoms with van der Waals surface area (Å²) in [6.45, 7) is 0. The van der Waals surface area contributed by atoms with Crippen LogP contribution in [0.5, 0.6) is 0 Å². The molecule has 15 heavy (non-hydrogen) atoms. The average molecular weight is 222 g/mol.